The molecule has 5 heteroatoms. The molecule has 0 aromatic heterocycles. The fourth-order valence-electron chi connectivity index (χ4n) is 1.48. The van der Waals surface area contributed by atoms with Crippen LogP contribution in [-0.4, -0.2) is 18.7 Å². The van der Waals surface area contributed by atoms with Gasteiger partial charge >= 0.3 is 0 Å². The largest absolute Gasteiger partial charge is 0.349 e. The van der Waals surface area contributed by atoms with Gasteiger partial charge in [0.05, 0.1) is 0 Å². The van der Waals surface area contributed by atoms with Crippen LogP contribution in [0, 0.1) is 11.6 Å². The van der Waals surface area contributed by atoms with Crippen molar-refractivity contribution in [2.45, 2.75) is 19.3 Å². The van der Waals surface area contributed by atoms with Gasteiger partial charge in [0.15, 0.2) is 0 Å². The van der Waals surface area contributed by atoms with E-state index in [9.17, 15) is 18.4 Å². The normalized spacial score (nSPS) is 11.1. The van der Waals surface area contributed by atoms with Gasteiger partial charge in [-0.3, -0.25) is 9.59 Å². The molecule has 3 nitrogen and oxygen atoms in total. The van der Waals surface area contributed by atoms with Gasteiger partial charge in [-0.2, -0.15) is 0 Å². The zero-order chi connectivity index (χ0) is 13.1. The van der Waals surface area contributed by atoms with Crippen molar-refractivity contribution >= 4 is 12.2 Å². The molecule has 92 valence electrons. The Labute approximate surface area is 97.8 Å². The second-order valence-corrected chi connectivity index (χ2v) is 4.34. The highest BCUT2D eigenvalue weighted by Gasteiger charge is 2.24. The molecule has 0 fully saturated rings. The summed E-state index contributed by atoms with van der Waals surface area (Å²) in [5, 5.41) is 2.35. The molecular formula is C12H13F2NO2. The molecule has 0 aliphatic carbocycles. The predicted octanol–water partition coefficient (Wildman–Crippen LogP) is 1.56. The van der Waals surface area contributed by atoms with E-state index >= 15 is 0 Å². The highest BCUT2D eigenvalue weighted by molar-refractivity contribution is 6.23. The van der Waals surface area contributed by atoms with Crippen molar-refractivity contribution in [1.29, 1.82) is 0 Å². The van der Waals surface area contributed by atoms with Gasteiger partial charge in [-0.25, -0.2) is 8.78 Å². The van der Waals surface area contributed by atoms with Gasteiger partial charge < -0.3 is 5.32 Å². The number of carbonyl (C=O) groups is 2. The molecule has 0 saturated carbocycles. The third-order valence-corrected chi connectivity index (χ3v) is 2.47. The van der Waals surface area contributed by atoms with Gasteiger partial charge in [-0.1, -0.05) is 19.9 Å². The molecule has 1 N–H and O–H groups in total. The minimum atomic E-state index is -0.763. The lowest BCUT2D eigenvalue weighted by Gasteiger charge is -2.25. The summed E-state index contributed by atoms with van der Waals surface area (Å²) in [5.41, 5.74) is -0.443. The summed E-state index contributed by atoms with van der Waals surface area (Å²) in [6.45, 7) is 3.47. The van der Waals surface area contributed by atoms with E-state index in [0.29, 0.717) is 0 Å². The topological polar surface area (TPSA) is 46.2 Å². The monoisotopic (exact) mass is 241 g/mol. The Kier molecular flexibility index (Phi) is 3.93. The van der Waals surface area contributed by atoms with Gasteiger partial charge in [0.1, 0.15) is 11.6 Å². The number of hydrogen-bond acceptors (Lipinski definition) is 2. The van der Waals surface area contributed by atoms with Gasteiger partial charge in [0, 0.05) is 18.0 Å². The predicted molar refractivity (Wildman–Crippen MR) is 58.5 cm³/mol. The number of benzene rings is 1. The summed E-state index contributed by atoms with van der Waals surface area (Å²) < 4.78 is 26.3. The SMILES string of the molecule is CC(C)(CNC(=O)C=O)c1ccc(F)cc1F. The minimum Gasteiger partial charge on any atom is -0.349 e. The standard InChI is InChI=1S/C12H13F2NO2/c1-12(2,7-15-11(17)6-16)9-4-3-8(13)5-10(9)14/h3-6H,7H2,1-2H3,(H,15,17). The number of nitrogens with one attached hydrogen (secondary N) is 1. The van der Waals surface area contributed by atoms with E-state index in [1.807, 2.05) is 0 Å². The van der Waals surface area contributed by atoms with Crippen LogP contribution in [0.4, 0.5) is 8.78 Å². The maximum absolute atomic E-state index is 13.5. The van der Waals surface area contributed by atoms with E-state index in [-0.39, 0.29) is 18.4 Å². The number of aldehydes is 1. The number of rotatable bonds is 4. The lowest BCUT2D eigenvalue weighted by atomic mass is 9.84. The molecule has 0 aliphatic rings. The molecule has 1 rings (SSSR count). The highest BCUT2D eigenvalue weighted by Crippen LogP contribution is 2.25. The number of carbonyl (C=O) groups excluding carboxylic acids is 2. The summed E-state index contributed by atoms with van der Waals surface area (Å²) in [6, 6.07) is 3.28. The quantitative estimate of drug-likeness (QED) is 0.642. The maximum Gasteiger partial charge on any atom is 0.284 e. The Hall–Kier alpha value is -1.78. The Bertz CT molecular complexity index is 444. The van der Waals surface area contributed by atoms with Gasteiger partial charge in [-0.05, 0) is 11.6 Å². The van der Waals surface area contributed by atoms with E-state index in [1.165, 1.54) is 6.07 Å². The fourth-order valence-corrected chi connectivity index (χ4v) is 1.48. The Morgan fingerprint density at radius 2 is 2.06 bits per heavy atom. The molecule has 0 spiro atoms. The van der Waals surface area contributed by atoms with Crippen molar-refractivity contribution in [3.05, 3.63) is 35.4 Å². The molecule has 1 amide bonds. The summed E-state index contributed by atoms with van der Waals surface area (Å²) >= 11 is 0. The first kappa shape index (κ1) is 13.3. The number of halogens is 2. The third kappa shape index (κ3) is 3.34. The van der Waals surface area contributed by atoms with Crippen molar-refractivity contribution in [2.75, 3.05) is 6.54 Å². The van der Waals surface area contributed by atoms with E-state index in [4.69, 9.17) is 0 Å². The zero-order valence-electron chi connectivity index (χ0n) is 9.59. The summed E-state index contributed by atoms with van der Waals surface area (Å²) in [5.74, 6) is -2.09. The van der Waals surface area contributed by atoms with Crippen LogP contribution in [0.5, 0.6) is 0 Å². The van der Waals surface area contributed by atoms with Crippen LogP contribution < -0.4 is 5.32 Å². The Morgan fingerprint density at radius 3 is 2.59 bits per heavy atom. The molecule has 0 aliphatic heterocycles. The summed E-state index contributed by atoms with van der Waals surface area (Å²) in [4.78, 5) is 20.9. The van der Waals surface area contributed by atoms with Crippen molar-refractivity contribution in [2.24, 2.45) is 0 Å². The van der Waals surface area contributed by atoms with Gasteiger partial charge in [0.25, 0.3) is 5.91 Å². The van der Waals surface area contributed by atoms with E-state index < -0.39 is 23.0 Å². The number of amides is 1. The molecule has 0 unspecified atom stereocenters. The average Bonchev–Trinajstić information content (AvgIpc) is 2.25. The zero-order valence-corrected chi connectivity index (χ0v) is 9.59. The molecule has 0 saturated heterocycles. The molecule has 0 heterocycles. The lowest BCUT2D eigenvalue weighted by molar-refractivity contribution is -0.131. The van der Waals surface area contributed by atoms with E-state index in [2.05, 4.69) is 5.32 Å². The second-order valence-electron chi connectivity index (χ2n) is 4.34. The minimum absolute atomic E-state index is 0.0904. The molecule has 1 aromatic carbocycles. The van der Waals surface area contributed by atoms with Crippen molar-refractivity contribution in [3.63, 3.8) is 0 Å². The molecule has 0 atom stereocenters. The van der Waals surface area contributed by atoms with Crippen LogP contribution in [-0.2, 0) is 15.0 Å². The van der Waals surface area contributed by atoms with Gasteiger partial charge in [0.2, 0.25) is 6.29 Å². The smallest absolute Gasteiger partial charge is 0.284 e. The van der Waals surface area contributed by atoms with Crippen LogP contribution in [0.3, 0.4) is 0 Å². The van der Waals surface area contributed by atoms with Crippen molar-refractivity contribution < 1.29 is 18.4 Å². The van der Waals surface area contributed by atoms with Crippen LogP contribution in [0.1, 0.15) is 19.4 Å². The van der Waals surface area contributed by atoms with Crippen molar-refractivity contribution in [3.8, 4) is 0 Å². The first-order valence-electron chi connectivity index (χ1n) is 5.05. The van der Waals surface area contributed by atoms with Crippen LogP contribution >= 0.6 is 0 Å². The van der Waals surface area contributed by atoms with E-state index in [1.54, 1.807) is 13.8 Å². The third-order valence-electron chi connectivity index (χ3n) is 2.47. The molecule has 0 bridgehead atoms. The lowest BCUT2D eigenvalue weighted by Crippen LogP contribution is -2.37. The van der Waals surface area contributed by atoms with Crippen LogP contribution in [0.2, 0.25) is 0 Å². The molecule has 17 heavy (non-hydrogen) atoms. The fraction of sp³-hybridized carbons (Fsp3) is 0.333. The second kappa shape index (κ2) is 5.03. The first-order valence-corrected chi connectivity index (χ1v) is 5.05. The maximum atomic E-state index is 13.5. The van der Waals surface area contributed by atoms with Crippen LogP contribution in [0.15, 0.2) is 18.2 Å². The number of hydrogen-bond donors (Lipinski definition) is 1. The Morgan fingerprint density at radius 1 is 1.41 bits per heavy atom. The Balaban J connectivity index is 2.88. The summed E-state index contributed by atoms with van der Waals surface area (Å²) in [6.07, 6.45) is 0.150. The first-order chi connectivity index (χ1) is 7.86. The highest BCUT2D eigenvalue weighted by atomic mass is 19.1. The average molecular weight is 241 g/mol. The molecule has 0 radical (unpaired) electrons. The van der Waals surface area contributed by atoms with E-state index in [0.717, 1.165) is 12.1 Å². The molecule has 1 aromatic rings. The van der Waals surface area contributed by atoms with Crippen LogP contribution in [0.25, 0.3) is 0 Å². The van der Waals surface area contributed by atoms with Gasteiger partial charge in [-0.15, -0.1) is 0 Å². The molecular weight excluding hydrogens is 228 g/mol. The summed E-state index contributed by atoms with van der Waals surface area (Å²) in [7, 11) is 0. The van der Waals surface area contributed by atoms with Crippen molar-refractivity contribution in [1.82, 2.24) is 5.32 Å².